The highest BCUT2D eigenvalue weighted by atomic mass is 16.5. The molecule has 150 valence electrons. The third-order valence-electron chi connectivity index (χ3n) is 5.96. The Morgan fingerprint density at radius 3 is 2.46 bits per heavy atom. The molecule has 1 aromatic heterocycles. The molecule has 2 aliphatic rings. The van der Waals surface area contributed by atoms with Crippen LogP contribution in [0.15, 0.2) is 35.1 Å². The number of piperidine rings is 1. The minimum Gasteiger partial charge on any atom is -0.381 e. The lowest BCUT2D eigenvalue weighted by atomic mass is 9.93. The Labute approximate surface area is 164 Å². The minimum absolute atomic E-state index is 0.0837. The number of ether oxygens (including phenoxy) is 1. The molecule has 0 aliphatic carbocycles. The fraction of sp³-hybridized carbons (Fsp3) is 0.571. The molecule has 0 saturated carbocycles. The van der Waals surface area contributed by atoms with Crippen molar-refractivity contribution in [1.82, 2.24) is 19.2 Å². The van der Waals surface area contributed by atoms with Crippen LogP contribution in [-0.2, 0) is 23.1 Å². The average molecular weight is 384 g/mol. The van der Waals surface area contributed by atoms with Gasteiger partial charge in [-0.1, -0.05) is 30.3 Å². The maximum absolute atomic E-state index is 12.8. The number of nitrogens with zero attached hydrogens (tertiary/aromatic N) is 4. The topological polar surface area (TPSA) is 69.4 Å². The average Bonchev–Trinajstić information content (AvgIpc) is 3.03. The van der Waals surface area contributed by atoms with Crippen molar-refractivity contribution in [2.75, 3.05) is 26.3 Å². The first-order valence-electron chi connectivity index (χ1n) is 10.2. The molecule has 1 amide bonds. The molecule has 28 heavy (non-hydrogen) atoms. The number of carbonyl (C=O) groups excluding carboxylic acids is 1. The van der Waals surface area contributed by atoms with Gasteiger partial charge < -0.3 is 9.64 Å². The first-order chi connectivity index (χ1) is 13.6. The molecular formula is C21H28N4O3. The van der Waals surface area contributed by atoms with Crippen molar-refractivity contribution in [2.45, 2.75) is 38.1 Å². The van der Waals surface area contributed by atoms with Crippen molar-refractivity contribution in [3.8, 4) is 0 Å². The molecule has 0 atom stereocenters. The molecular weight excluding hydrogens is 356 g/mol. The molecule has 2 aromatic rings. The number of hydrogen-bond donors (Lipinski definition) is 0. The van der Waals surface area contributed by atoms with Crippen molar-refractivity contribution < 1.29 is 9.53 Å². The second-order valence-electron chi connectivity index (χ2n) is 7.82. The van der Waals surface area contributed by atoms with Gasteiger partial charge in [0.15, 0.2) is 0 Å². The SMILES string of the molecule is Cn1nc(C2CCN(C(=O)C3CCOCC3)CC2)n(Cc2ccccc2)c1=O. The Hall–Kier alpha value is -2.41. The van der Waals surface area contributed by atoms with Crippen molar-refractivity contribution in [1.29, 1.82) is 0 Å². The van der Waals surface area contributed by atoms with Gasteiger partial charge in [-0.05, 0) is 31.2 Å². The third kappa shape index (κ3) is 3.90. The van der Waals surface area contributed by atoms with Gasteiger partial charge in [-0.3, -0.25) is 9.36 Å². The first-order valence-corrected chi connectivity index (χ1v) is 10.2. The summed E-state index contributed by atoms with van der Waals surface area (Å²) < 4.78 is 8.59. The largest absolute Gasteiger partial charge is 0.381 e. The van der Waals surface area contributed by atoms with E-state index in [0.29, 0.717) is 19.8 Å². The van der Waals surface area contributed by atoms with E-state index < -0.39 is 0 Å². The molecule has 2 saturated heterocycles. The van der Waals surface area contributed by atoms with Gasteiger partial charge in [0.25, 0.3) is 0 Å². The number of likely N-dealkylation sites (tertiary alicyclic amines) is 1. The lowest BCUT2D eigenvalue weighted by Gasteiger charge is -2.34. The Morgan fingerprint density at radius 2 is 1.79 bits per heavy atom. The van der Waals surface area contributed by atoms with Crippen LogP contribution >= 0.6 is 0 Å². The van der Waals surface area contributed by atoms with Crippen molar-refractivity contribution >= 4 is 5.91 Å². The van der Waals surface area contributed by atoms with Gasteiger partial charge in [-0.2, -0.15) is 5.10 Å². The van der Waals surface area contributed by atoms with E-state index in [1.165, 1.54) is 4.68 Å². The van der Waals surface area contributed by atoms with Gasteiger partial charge in [0, 0.05) is 45.2 Å². The second-order valence-corrected chi connectivity index (χ2v) is 7.82. The maximum Gasteiger partial charge on any atom is 0.345 e. The molecule has 0 unspecified atom stereocenters. The summed E-state index contributed by atoms with van der Waals surface area (Å²) in [4.78, 5) is 27.4. The zero-order valence-corrected chi connectivity index (χ0v) is 16.4. The molecule has 7 nitrogen and oxygen atoms in total. The van der Waals surface area contributed by atoms with Gasteiger partial charge >= 0.3 is 5.69 Å². The molecule has 0 bridgehead atoms. The highest BCUT2D eigenvalue weighted by Crippen LogP contribution is 2.28. The highest BCUT2D eigenvalue weighted by Gasteiger charge is 2.31. The fourth-order valence-electron chi connectivity index (χ4n) is 4.30. The van der Waals surface area contributed by atoms with E-state index in [4.69, 9.17) is 4.74 Å². The summed E-state index contributed by atoms with van der Waals surface area (Å²) >= 11 is 0. The van der Waals surface area contributed by atoms with Crippen LogP contribution in [0.1, 0.15) is 43.0 Å². The summed E-state index contributed by atoms with van der Waals surface area (Å²) in [7, 11) is 1.71. The van der Waals surface area contributed by atoms with E-state index in [1.54, 1.807) is 11.6 Å². The number of aromatic nitrogens is 3. The van der Waals surface area contributed by atoms with E-state index in [2.05, 4.69) is 5.10 Å². The fourth-order valence-corrected chi connectivity index (χ4v) is 4.30. The zero-order valence-electron chi connectivity index (χ0n) is 16.4. The first kappa shape index (κ1) is 18.9. The predicted molar refractivity (Wildman–Crippen MR) is 105 cm³/mol. The molecule has 4 rings (SSSR count). The lowest BCUT2D eigenvalue weighted by Crippen LogP contribution is -2.43. The molecule has 3 heterocycles. The minimum atomic E-state index is -0.0837. The molecule has 0 spiro atoms. The van der Waals surface area contributed by atoms with Crippen LogP contribution in [0.3, 0.4) is 0 Å². The number of rotatable bonds is 4. The molecule has 2 aliphatic heterocycles. The van der Waals surface area contributed by atoms with E-state index in [0.717, 1.165) is 50.2 Å². The second kappa shape index (κ2) is 8.31. The van der Waals surface area contributed by atoms with Crippen LogP contribution in [0.4, 0.5) is 0 Å². The number of aryl methyl sites for hydroxylation is 1. The van der Waals surface area contributed by atoms with Crippen molar-refractivity contribution in [3.63, 3.8) is 0 Å². The lowest BCUT2D eigenvalue weighted by molar-refractivity contribution is -0.139. The number of amides is 1. The molecule has 7 heteroatoms. The van der Waals surface area contributed by atoms with E-state index in [-0.39, 0.29) is 23.4 Å². The predicted octanol–water partition coefficient (Wildman–Crippen LogP) is 1.76. The number of benzene rings is 1. The van der Waals surface area contributed by atoms with E-state index >= 15 is 0 Å². The summed E-state index contributed by atoms with van der Waals surface area (Å²) in [5.74, 6) is 1.42. The maximum atomic E-state index is 12.8. The normalized spacial score (nSPS) is 19.1. The smallest absolute Gasteiger partial charge is 0.345 e. The van der Waals surface area contributed by atoms with E-state index in [9.17, 15) is 9.59 Å². The van der Waals surface area contributed by atoms with Crippen molar-refractivity contribution in [3.05, 3.63) is 52.2 Å². The van der Waals surface area contributed by atoms with Gasteiger partial charge in [-0.15, -0.1) is 0 Å². The van der Waals surface area contributed by atoms with Crippen LogP contribution in [0.2, 0.25) is 0 Å². The number of hydrogen-bond acceptors (Lipinski definition) is 4. The standard InChI is InChI=1S/C21H28N4O3/c1-23-21(27)25(15-16-5-3-2-4-6-16)19(22-23)17-7-11-24(12-8-17)20(26)18-9-13-28-14-10-18/h2-6,17-18H,7-15H2,1H3. The van der Waals surface area contributed by atoms with Gasteiger partial charge in [0.05, 0.1) is 6.54 Å². The van der Waals surface area contributed by atoms with E-state index in [1.807, 2.05) is 35.2 Å². The van der Waals surface area contributed by atoms with Crippen LogP contribution in [-0.4, -0.2) is 51.5 Å². The van der Waals surface area contributed by atoms with Gasteiger partial charge in [0.1, 0.15) is 5.82 Å². The monoisotopic (exact) mass is 384 g/mol. The van der Waals surface area contributed by atoms with Crippen molar-refractivity contribution in [2.24, 2.45) is 13.0 Å². The Balaban J connectivity index is 1.45. The van der Waals surface area contributed by atoms with Crippen LogP contribution in [0.5, 0.6) is 0 Å². The van der Waals surface area contributed by atoms with Gasteiger partial charge in [0.2, 0.25) is 5.91 Å². The molecule has 2 fully saturated rings. The Bertz CT molecular complexity index is 860. The summed E-state index contributed by atoms with van der Waals surface area (Å²) in [5.41, 5.74) is 1.01. The van der Waals surface area contributed by atoms with Gasteiger partial charge in [-0.25, -0.2) is 9.48 Å². The summed E-state index contributed by atoms with van der Waals surface area (Å²) in [6, 6.07) is 9.99. The molecule has 1 aromatic carbocycles. The molecule has 0 N–H and O–H groups in total. The summed E-state index contributed by atoms with van der Waals surface area (Å²) in [6.45, 7) is 3.37. The highest BCUT2D eigenvalue weighted by molar-refractivity contribution is 5.79. The summed E-state index contributed by atoms with van der Waals surface area (Å²) in [5, 5.41) is 4.54. The Kier molecular flexibility index (Phi) is 5.62. The Morgan fingerprint density at radius 1 is 1.11 bits per heavy atom. The van der Waals surface area contributed by atoms with Crippen LogP contribution < -0.4 is 5.69 Å². The quantitative estimate of drug-likeness (QED) is 0.806. The zero-order chi connectivity index (χ0) is 19.5. The van der Waals surface area contributed by atoms with Crippen LogP contribution in [0, 0.1) is 5.92 Å². The molecule has 0 radical (unpaired) electrons. The van der Waals surface area contributed by atoms with Crippen LogP contribution in [0.25, 0.3) is 0 Å². The third-order valence-corrected chi connectivity index (χ3v) is 5.96. The summed E-state index contributed by atoms with van der Waals surface area (Å²) in [6.07, 6.45) is 3.35. The number of carbonyl (C=O) groups is 1.